The van der Waals surface area contributed by atoms with Gasteiger partial charge in [0.2, 0.25) is 0 Å². The Kier molecular flexibility index (Phi) is 5.84. The zero-order chi connectivity index (χ0) is 23.0. The molecule has 4 nitrogen and oxygen atoms in total. The number of amides is 1. The minimum Gasteiger partial charge on any atom is -0.406 e. The van der Waals surface area contributed by atoms with Crippen LogP contribution < -0.4 is 10.1 Å². The number of carbonyl (C=O) groups excluding carboxylic acids is 1. The Morgan fingerprint density at radius 3 is 2.19 bits per heavy atom. The van der Waals surface area contributed by atoms with Crippen LogP contribution in [0.15, 0.2) is 48.7 Å². The molecule has 31 heavy (non-hydrogen) atoms. The number of hydrogen-bond donors (Lipinski definition) is 1. The summed E-state index contributed by atoms with van der Waals surface area (Å²) in [5, 5.41) is 2.81. The molecular formula is C21H16F6N2O2. The fourth-order valence-electron chi connectivity index (χ4n) is 2.94. The molecule has 0 aliphatic rings. The number of carbonyl (C=O) groups is 1. The van der Waals surface area contributed by atoms with Gasteiger partial charge in [0.25, 0.3) is 5.91 Å². The molecule has 1 N–H and O–H groups in total. The Hall–Kier alpha value is -3.30. The van der Waals surface area contributed by atoms with E-state index in [1.54, 1.807) is 13.8 Å². The number of fused-ring (bicyclic) bond motifs is 1. The van der Waals surface area contributed by atoms with Gasteiger partial charge in [0.15, 0.2) is 0 Å². The third kappa shape index (κ3) is 5.44. The summed E-state index contributed by atoms with van der Waals surface area (Å²) in [5.74, 6) is -1.05. The van der Waals surface area contributed by atoms with Crippen LogP contribution in [0.3, 0.4) is 0 Å². The number of rotatable bonds is 4. The molecule has 10 heteroatoms. The molecule has 0 unspecified atom stereocenters. The first-order valence-electron chi connectivity index (χ1n) is 9.01. The molecule has 164 valence electrons. The van der Waals surface area contributed by atoms with E-state index in [0.29, 0.717) is 0 Å². The average molecular weight is 442 g/mol. The van der Waals surface area contributed by atoms with E-state index in [-0.39, 0.29) is 33.6 Å². The van der Waals surface area contributed by atoms with Crippen LogP contribution in [0.5, 0.6) is 5.75 Å². The first-order chi connectivity index (χ1) is 14.3. The molecular weight excluding hydrogens is 426 g/mol. The molecule has 3 aromatic rings. The lowest BCUT2D eigenvalue weighted by atomic mass is 9.99. The Morgan fingerprint density at radius 2 is 1.65 bits per heavy atom. The largest absolute Gasteiger partial charge is 0.573 e. The Morgan fingerprint density at radius 1 is 1.00 bits per heavy atom. The predicted molar refractivity (Wildman–Crippen MR) is 101 cm³/mol. The van der Waals surface area contributed by atoms with E-state index in [0.717, 1.165) is 36.4 Å². The summed E-state index contributed by atoms with van der Waals surface area (Å²) < 4.78 is 80.9. The zero-order valence-corrected chi connectivity index (χ0v) is 16.2. The quantitative estimate of drug-likeness (QED) is 0.508. The Labute approximate surface area is 172 Å². The highest BCUT2D eigenvalue weighted by Crippen LogP contribution is 2.36. The van der Waals surface area contributed by atoms with Crippen molar-refractivity contribution in [1.82, 2.24) is 10.3 Å². The lowest BCUT2D eigenvalue weighted by Crippen LogP contribution is -2.30. The Balaban J connectivity index is 2.15. The van der Waals surface area contributed by atoms with Crippen LogP contribution >= 0.6 is 0 Å². The van der Waals surface area contributed by atoms with Crippen molar-refractivity contribution in [2.45, 2.75) is 32.4 Å². The molecule has 0 bridgehead atoms. The lowest BCUT2D eigenvalue weighted by molar-refractivity contribution is -0.274. The smallest absolute Gasteiger partial charge is 0.406 e. The van der Waals surface area contributed by atoms with E-state index in [9.17, 15) is 31.1 Å². The summed E-state index contributed by atoms with van der Waals surface area (Å²) in [4.78, 5) is 16.4. The lowest BCUT2D eigenvalue weighted by Gasteiger charge is -2.14. The number of pyridine rings is 1. The molecule has 0 atom stereocenters. The van der Waals surface area contributed by atoms with Gasteiger partial charge in [-0.15, -0.1) is 13.2 Å². The molecule has 0 saturated heterocycles. The van der Waals surface area contributed by atoms with Crippen LogP contribution in [0.4, 0.5) is 26.3 Å². The second kappa shape index (κ2) is 8.09. The standard InChI is InChI=1S/C21H16F6N2O2/c1-11(2)29-19(30)14-7-13-8-16(31-21(25,26)27)9-17(18(13)28-10-14)12-3-5-15(6-4-12)20(22,23)24/h3-11H,1-2H3,(H,29,30). The van der Waals surface area contributed by atoms with Crippen LogP contribution in [-0.4, -0.2) is 23.3 Å². The molecule has 0 fully saturated rings. The summed E-state index contributed by atoms with van der Waals surface area (Å²) in [6.45, 7) is 3.48. The molecule has 0 spiro atoms. The van der Waals surface area contributed by atoms with Crippen LogP contribution in [0, 0.1) is 0 Å². The van der Waals surface area contributed by atoms with E-state index in [1.165, 1.54) is 12.3 Å². The predicted octanol–water partition coefficient (Wildman–Crippen LogP) is 5.96. The van der Waals surface area contributed by atoms with Gasteiger partial charge < -0.3 is 10.1 Å². The average Bonchev–Trinajstić information content (AvgIpc) is 2.64. The molecule has 0 radical (unpaired) electrons. The van der Waals surface area contributed by atoms with Gasteiger partial charge in [0.05, 0.1) is 16.6 Å². The highest BCUT2D eigenvalue weighted by Gasteiger charge is 2.32. The highest BCUT2D eigenvalue weighted by molar-refractivity contribution is 6.01. The van der Waals surface area contributed by atoms with E-state index in [2.05, 4.69) is 15.0 Å². The van der Waals surface area contributed by atoms with Gasteiger partial charge in [-0.25, -0.2) is 0 Å². The fraction of sp³-hybridized carbons (Fsp3) is 0.238. The minimum absolute atomic E-state index is 0.115. The molecule has 1 aromatic heterocycles. The van der Waals surface area contributed by atoms with Gasteiger partial charge in [-0.3, -0.25) is 9.78 Å². The maximum atomic E-state index is 12.8. The highest BCUT2D eigenvalue weighted by atomic mass is 19.4. The van der Waals surface area contributed by atoms with E-state index in [4.69, 9.17) is 0 Å². The van der Waals surface area contributed by atoms with E-state index >= 15 is 0 Å². The summed E-state index contributed by atoms with van der Waals surface area (Å²) in [7, 11) is 0. The number of ether oxygens (including phenoxy) is 1. The second-order valence-corrected chi connectivity index (χ2v) is 7.02. The van der Waals surface area contributed by atoms with Gasteiger partial charge in [-0.2, -0.15) is 13.2 Å². The number of nitrogens with zero attached hydrogens (tertiary/aromatic N) is 1. The van der Waals surface area contributed by atoms with Crippen LogP contribution in [0.2, 0.25) is 0 Å². The number of alkyl halides is 6. The molecule has 0 saturated carbocycles. The molecule has 2 aromatic carbocycles. The van der Waals surface area contributed by atoms with Gasteiger partial charge >= 0.3 is 12.5 Å². The van der Waals surface area contributed by atoms with Crippen molar-refractivity contribution < 1.29 is 35.9 Å². The maximum Gasteiger partial charge on any atom is 0.573 e. The third-order valence-electron chi connectivity index (χ3n) is 4.20. The number of benzene rings is 2. The van der Waals surface area contributed by atoms with E-state index in [1.807, 2.05) is 0 Å². The summed E-state index contributed by atoms with van der Waals surface area (Å²) in [5.41, 5.74) is -0.248. The first kappa shape index (κ1) is 22.4. The summed E-state index contributed by atoms with van der Waals surface area (Å²) >= 11 is 0. The van der Waals surface area contributed by atoms with Crippen molar-refractivity contribution in [2.24, 2.45) is 0 Å². The monoisotopic (exact) mass is 442 g/mol. The van der Waals surface area contributed by atoms with Crippen molar-refractivity contribution in [3.63, 3.8) is 0 Å². The Bertz CT molecular complexity index is 1110. The van der Waals surface area contributed by atoms with Crippen molar-refractivity contribution in [1.29, 1.82) is 0 Å². The molecule has 1 heterocycles. The first-order valence-corrected chi connectivity index (χ1v) is 9.01. The van der Waals surface area contributed by atoms with Crippen molar-refractivity contribution in [3.8, 4) is 16.9 Å². The molecule has 3 rings (SSSR count). The SMILES string of the molecule is CC(C)NC(=O)c1cnc2c(-c3ccc(C(F)(F)F)cc3)cc(OC(F)(F)F)cc2c1. The van der Waals surface area contributed by atoms with E-state index < -0.39 is 29.8 Å². The van der Waals surface area contributed by atoms with Gasteiger partial charge in [0, 0.05) is 23.2 Å². The minimum atomic E-state index is -4.98. The number of halogens is 6. The van der Waals surface area contributed by atoms with Crippen LogP contribution in [0.1, 0.15) is 29.8 Å². The van der Waals surface area contributed by atoms with Crippen molar-refractivity contribution in [3.05, 3.63) is 59.8 Å². The third-order valence-corrected chi connectivity index (χ3v) is 4.20. The summed E-state index contributed by atoms with van der Waals surface area (Å²) in [6, 6.07) is 7.19. The van der Waals surface area contributed by atoms with Crippen molar-refractivity contribution >= 4 is 16.8 Å². The topological polar surface area (TPSA) is 51.2 Å². The maximum absolute atomic E-state index is 12.8. The van der Waals surface area contributed by atoms with Gasteiger partial charge in [-0.05, 0) is 49.7 Å². The number of aromatic nitrogens is 1. The van der Waals surface area contributed by atoms with Gasteiger partial charge in [-0.1, -0.05) is 12.1 Å². The van der Waals surface area contributed by atoms with Crippen LogP contribution in [-0.2, 0) is 6.18 Å². The second-order valence-electron chi connectivity index (χ2n) is 7.02. The molecule has 0 aliphatic carbocycles. The number of hydrogen-bond acceptors (Lipinski definition) is 3. The molecule has 0 aliphatic heterocycles. The van der Waals surface area contributed by atoms with Gasteiger partial charge in [0.1, 0.15) is 5.75 Å². The van der Waals surface area contributed by atoms with Crippen molar-refractivity contribution in [2.75, 3.05) is 0 Å². The zero-order valence-electron chi connectivity index (χ0n) is 16.2. The fourth-order valence-corrected chi connectivity index (χ4v) is 2.94. The summed E-state index contributed by atoms with van der Waals surface area (Å²) in [6.07, 6.45) is -8.29. The molecule has 1 amide bonds. The number of nitrogens with one attached hydrogen (secondary N) is 1. The van der Waals surface area contributed by atoms with Crippen LogP contribution in [0.25, 0.3) is 22.0 Å². The normalized spacial score (nSPS) is 12.3.